The van der Waals surface area contributed by atoms with E-state index >= 15 is 0 Å². The van der Waals surface area contributed by atoms with Gasteiger partial charge in [-0.3, -0.25) is 4.79 Å². The summed E-state index contributed by atoms with van der Waals surface area (Å²) in [6.07, 6.45) is 0.202. The van der Waals surface area contributed by atoms with Crippen LogP contribution >= 0.6 is 0 Å². The minimum atomic E-state index is -0.478. The maximum atomic E-state index is 12.1. The first-order valence-electron chi connectivity index (χ1n) is 7.13. The predicted molar refractivity (Wildman–Crippen MR) is 87.4 cm³/mol. The zero-order valence-corrected chi connectivity index (χ0v) is 13.6. The van der Waals surface area contributed by atoms with Crippen LogP contribution in [0.2, 0.25) is 0 Å². The summed E-state index contributed by atoms with van der Waals surface area (Å²) in [7, 11) is 3.41. The number of benzene rings is 1. The van der Waals surface area contributed by atoms with E-state index in [0.717, 1.165) is 0 Å². The number of nitrogen functional groups attached to an aromatic ring is 1. The molecular formula is C16H27N3O2. The topological polar surface area (TPSA) is 78.6 Å². The maximum absolute atomic E-state index is 12.1. The van der Waals surface area contributed by atoms with Crippen molar-refractivity contribution in [3.05, 3.63) is 23.8 Å². The fraction of sp³-hybridized carbons (Fsp3) is 0.562. The van der Waals surface area contributed by atoms with Gasteiger partial charge in [0.25, 0.3) is 5.91 Å². The Hall–Kier alpha value is -1.75. The fourth-order valence-corrected chi connectivity index (χ4v) is 2.14. The first-order valence-corrected chi connectivity index (χ1v) is 7.13. The fourth-order valence-electron chi connectivity index (χ4n) is 2.14. The van der Waals surface area contributed by atoms with Crippen LogP contribution in [0.5, 0.6) is 0 Å². The Morgan fingerprint density at radius 2 is 2.00 bits per heavy atom. The van der Waals surface area contributed by atoms with E-state index in [1.807, 2.05) is 0 Å². The molecule has 4 N–H and O–H groups in total. The minimum Gasteiger partial charge on any atom is -0.399 e. The Labute approximate surface area is 127 Å². The Bertz CT molecular complexity index is 493. The Morgan fingerprint density at radius 3 is 2.52 bits per heavy atom. The third-order valence-electron chi connectivity index (χ3n) is 3.06. The van der Waals surface area contributed by atoms with Crippen molar-refractivity contribution < 1.29 is 9.90 Å². The molecule has 0 spiro atoms. The first kappa shape index (κ1) is 17.3. The van der Waals surface area contributed by atoms with Gasteiger partial charge in [-0.2, -0.15) is 0 Å². The normalized spacial score (nSPS) is 12.9. The third-order valence-corrected chi connectivity index (χ3v) is 3.06. The molecule has 0 heterocycles. The molecule has 21 heavy (non-hydrogen) atoms. The second-order valence-corrected chi connectivity index (χ2v) is 6.80. The van der Waals surface area contributed by atoms with Crippen LogP contribution in [0.3, 0.4) is 0 Å². The smallest absolute Gasteiger partial charge is 0.255 e. The van der Waals surface area contributed by atoms with E-state index in [9.17, 15) is 9.90 Å². The molecule has 1 rings (SSSR count). The van der Waals surface area contributed by atoms with Gasteiger partial charge in [0.1, 0.15) is 0 Å². The van der Waals surface area contributed by atoms with Crippen LogP contribution in [0.4, 0.5) is 11.4 Å². The highest BCUT2D eigenvalue weighted by Crippen LogP contribution is 2.23. The van der Waals surface area contributed by atoms with Crippen LogP contribution < -0.4 is 11.1 Å². The van der Waals surface area contributed by atoms with Gasteiger partial charge in [0, 0.05) is 32.0 Å². The van der Waals surface area contributed by atoms with Gasteiger partial charge in [0.05, 0.1) is 11.7 Å². The van der Waals surface area contributed by atoms with E-state index in [4.69, 9.17) is 5.73 Å². The van der Waals surface area contributed by atoms with Crippen molar-refractivity contribution in [2.75, 3.05) is 31.7 Å². The summed E-state index contributed by atoms with van der Waals surface area (Å²) in [5.41, 5.74) is 7.63. The zero-order valence-electron chi connectivity index (χ0n) is 13.6. The molecular weight excluding hydrogens is 266 g/mol. The van der Waals surface area contributed by atoms with Crippen LogP contribution in [-0.4, -0.2) is 42.7 Å². The van der Waals surface area contributed by atoms with Gasteiger partial charge in [0.2, 0.25) is 0 Å². The second kappa shape index (κ2) is 6.80. The summed E-state index contributed by atoms with van der Waals surface area (Å²) in [6, 6.07) is 5.13. The average molecular weight is 293 g/mol. The largest absolute Gasteiger partial charge is 0.399 e. The lowest BCUT2D eigenvalue weighted by Gasteiger charge is -2.23. The summed E-state index contributed by atoms with van der Waals surface area (Å²) in [6.45, 7) is 6.63. The highest BCUT2D eigenvalue weighted by molar-refractivity contribution is 6.00. The van der Waals surface area contributed by atoms with E-state index in [1.165, 1.54) is 4.90 Å². The van der Waals surface area contributed by atoms with Gasteiger partial charge < -0.3 is 21.1 Å². The lowest BCUT2D eigenvalue weighted by Crippen LogP contribution is -2.27. The molecule has 5 heteroatoms. The molecule has 0 aromatic heterocycles. The summed E-state index contributed by atoms with van der Waals surface area (Å²) in [4.78, 5) is 13.6. The number of carbonyl (C=O) groups is 1. The van der Waals surface area contributed by atoms with E-state index in [1.54, 1.807) is 32.3 Å². The molecule has 1 aromatic rings. The number of anilines is 2. The molecule has 0 fully saturated rings. The van der Waals surface area contributed by atoms with Gasteiger partial charge in [-0.05, 0) is 30.0 Å². The number of hydrogen-bond donors (Lipinski definition) is 3. The minimum absolute atomic E-state index is 0.0547. The van der Waals surface area contributed by atoms with E-state index < -0.39 is 6.10 Å². The highest BCUT2D eigenvalue weighted by Gasteiger charge is 2.18. The van der Waals surface area contributed by atoms with Crippen molar-refractivity contribution in [1.29, 1.82) is 0 Å². The van der Waals surface area contributed by atoms with Crippen LogP contribution in [0, 0.1) is 5.41 Å². The molecule has 1 atom stereocenters. The van der Waals surface area contributed by atoms with Crippen molar-refractivity contribution in [1.82, 2.24) is 4.90 Å². The number of nitrogens with one attached hydrogen (secondary N) is 1. The number of carbonyl (C=O) groups excluding carboxylic acids is 1. The van der Waals surface area contributed by atoms with Gasteiger partial charge in [-0.15, -0.1) is 0 Å². The molecule has 5 nitrogen and oxygen atoms in total. The summed E-state index contributed by atoms with van der Waals surface area (Å²) in [5.74, 6) is -0.0946. The molecule has 0 aliphatic rings. The van der Waals surface area contributed by atoms with Crippen molar-refractivity contribution in [2.45, 2.75) is 33.3 Å². The summed E-state index contributed by atoms with van der Waals surface area (Å²) in [5, 5.41) is 13.2. The Morgan fingerprint density at radius 1 is 1.38 bits per heavy atom. The SMILES string of the molecule is CN(C)C(=O)c1ccc(N)cc1NCC(O)CC(C)(C)C. The number of rotatable bonds is 5. The molecule has 1 aromatic carbocycles. The number of aliphatic hydroxyl groups excluding tert-OH is 1. The molecule has 1 amide bonds. The summed E-state index contributed by atoms with van der Waals surface area (Å²) >= 11 is 0. The number of hydrogen-bond acceptors (Lipinski definition) is 4. The Kier molecular flexibility index (Phi) is 5.61. The third kappa shape index (κ3) is 5.63. The Balaban J connectivity index is 2.82. The molecule has 0 radical (unpaired) electrons. The average Bonchev–Trinajstić information content (AvgIpc) is 2.33. The van der Waals surface area contributed by atoms with E-state index in [2.05, 4.69) is 26.1 Å². The van der Waals surface area contributed by atoms with Crippen molar-refractivity contribution in [3.8, 4) is 0 Å². The molecule has 0 saturated heterocycles. The lowest BCUT2D eigenvalue weighted by atomic mass is 9.89. The van der Waals surface area contributed by atoms with Gasteiger partial charge >= 0.3 is 0 Å². The molecule has 0 saturated carbocycles. The van der Waals surface area contributed by atoms with Crippen molar-refractivity contribution in [3.63, 3.8) is 0 Å². The summed E-state index contributed by atoms with van der Waals surface area (Å²) < 4.78 is 0. The number of nitrogens with two attached hydrogens (primary N) is 1. The first-order chi connectivity index (χ1) is 9.60. The van der Waals surface area contributed by atoms with Crippen molar-refractivity contribution in [2.24, 2.45) is 5.41 Å². The number of amides is 1. The zero-order chi connectivity index (χ0) is 16.2. The molecule has 118 valence electrons. The lowest BCUT2D eigenvalue weighted by molar-refractivity contribution is 0.0828. The highest BCUT2D eigenvalue weighted by atomic mass is 16.3. The van der Waals surface area contributed by atoms with E-state index in [-0.39, 0.29) is 11.3 Å². The number of nitrogens with zero attached hydrogens (tertiary/aromatic N) is 1. The monoisotopic (exact) mass is 293 g/mol. The predicted octanol–water partition coefficient (Wildman–Crippen LogP) is 2.18. The molecule has 0 aliphatic carbocycles. The second-order valence-electron chi connectivity index (χ2n) is 6.80. The maximum Gasteiger partial charge on any atom is 0.255 e. The van der Waals surface area contributed by atoms with Crippen LogP contribution in [0.15, 0.2) is 18.2 Å². The quantitative estimate of drug-likeness (QED) is 0.727. The molecule has 1 unspecified atom stereocenters. The standard InChI is InChI=1S/C16H27N3O2/c1-16(2,3)9-12(20)10-18-14-8-11(17)6-7-13(14)15(21)19(4)5/h6-8,12,18,20H,9-10,17H2,1-5H3. The van der Waals surface area contributed by atoms with Crippen LogP contribution in [0.25, 0.3) is 0 Å². The molecule has 0 aliphatic heterocycles. The van der Waals surface area contributed by atoms with Gasteiger partial charge in [-0.1, -0.05) is 20.8 Å². The van der Waals surface area contributed by atoms with Crippen molar-refractivity contribution >= 4 is 17.3 Å². The number of aliphatic hydroxyl groups is 1. The van der Waals surface area contributed by atoms with Gasteiger partial charge in [-0.25, -0.2) is 0 Å². The van der Waals surface area contributed by atoms with E-state index in [0.29, 0.717) is 29.9 Å². The van der Waals surface area contributed by atoms with Gasteiger partial charge in [0.15, 0.2) is 0 Å². The van der Waals surface area contributed by atoms with Crippen LogP contribution in [-0.2, 0) is 0 Å². The van der Waals surface area contributed by atoms with Crippen LogP contribution in [0.1, 0.15) is 37.6 Å². The molecule has 0 bridgehead atoms.